The van der Waals surface area contributed by atoms with Gasteiger partial charge in [-0.15, -0.1) is 0 Å². The highest BCUT2D eigenvalue weighted by Gasteiger charge is 2.29. The summed E-state index contributed by atoms with van der Waals surface area (Å²) in [4.78, 5) is 0. The number of hydrogen-bond acceptors (Lipinski definition) is 4. The molecule has 0 aromatic heterocycles. The van der Waals surface area contributed by atoms with Crippen molar-refractivity contribution < 1.29 is 16.8 Å². The van der Waals surface area contributed by atoms with Crippen LogP contribution in [0.5, 0.6) is 0 Å². The predicted molar refractivity (Wildman–Crippen MR) is 53.6 cm³/mol. The van der Waals surface area contributed by atoms with Crippen LogP contribution in [-0.2, 0) is 20.0 Å². The zero-order valence-electron chi connectivity index (χ0n) is 7.72. The first kappa shape index (κ1) is 12.0. The maximum Gasteiger partial charge on any atom is 0.230 e. The third kappa shape index (κ3) is 2.71. The van der Waals surface area contributed by atoms with E-state index in [9.17, 15) is 16.8 Å². The topological polar surface area (TPSA) is 71.5 Å². The second kappa shape index (κ2) is 4.20. The van der Waals surface area contributed by atoms with Gasteiger partial charge in [0.2, 0.25) is 28.0 Å². The van der Waals surface area contributed by atoms with E-state index in [2.05, 4.69) is 0 Å². The van der Waals surface area contributed by atoms with E-state index < -0.39 is 20.0 Å². The van der Waals surface area contributed by atoms with Crippen LogP contribution in [0, 0.1) is 0 Å². The minimum absolute atomic E-state index is 0.0331. The highest BCUT2D eigenvalue weighted by Crippen LogP contribution is 2.14. The Morgan fingerprint density at radius 2 is 1.14 bits per heavy atom. The summed E-state index contributed by atoms with van der Waals surface area (Å²) in [7, 11) is -2.57. The first-order valence-electron chi connectivity index (χ1n) is 4.37. The van der Waals surface area contributed by atoms with Crippen molar-refractivity contribution in [3.8, 4) is 0 Å². The summed E-state index contributed by atoms with van der Waals surface area (Å²) < 4.78 is 45.4. The van der Waals surface area contributed by atoms with E-state index in [1.54, 1.807) is 0 Å². The van der Waals surface area contributed by atoms with E-state index in [1.165, 1.54) is 0 Å². The smallest absolute Gasteiger partial charge is 0.212 e. The van der Waals surface area contributed by atoms with E-state index in [0.29, 0.717) is 12.8 Å². The van der Waals surface area contributed by atoms with Gasteiger partial charge in [-0.25, -0.2) is 16.8 Å². The Kier molecular flexibility index (Phi) is 3.60. The molecule has 1 fully saturated rings. The predicted octanol–water partition coefficient (Wildman–Crippen LogP) is -0.394. The highest BCUT2D eigenvalue weighted by atomic mass is 32.3. The summed E-state index contributed by atoms with van der Waals surface area (Å²) in [5.74, 6) is -0.383. The van der Waals surface area contributed by atoms with Crippen molar-refractivity contribution in [1.29, 1.82) is 0 Å². The molecule has 1 aliphatic heterocycles. The average Bonchev–Trinajstić information content (AvgIpc) is 2.11. The Hall–Kier alpha value is -0.0751. The fourth-order valence-corrected chi connectivity index (χ4v) is 4.60. The van der Waals surface area contributed by atoms with Gasteiger partial charge in [-0.2, -0.15) is 3.62 Å². The Bertz CT molecular complexity index is 350. The summed E-state index contributed by atoms with van der Waals surface area (Å²) in [6, 6.07) is 0. The third-order valence-electron chi connectivity index (χ3n) is 2.10. The van der Waals surface area contributed by atoms with Gasteiger partial charge in [0.25, 0.3) is 0 Å². The van der Waals surface area contributed by atoms with Crippen molar-refractivity contribution in [3.05, 3.63) is 0 Å². The first-order chi connectivity index (χ1) is 6.36. The Morgan fingerprint density at radius 3 is 1.50 bits per heavy atom. The van der Waals surface area contributed by atoms with Crippen molar-refractivity contribution >= 4 is 28.0 Å². The Morgan fingerprint density at radius 1 is 0.786 bits per heavy atom. The minimum atomic E-state index is -3.83. The molecule has 0 aliphatic carbocycles. The van der Waals surface area contributed by atoms with Crippen molar-refractivity contribution in [2.45, 2.75) is 25.7 Å². The lowest BCUT2D eigenvalue weighted by atomic mass is 10.2. The van der Waals surface area contributed by atoms with E-state index in [0.717, 1.165) is 12.8 Å². The van der Waals surface area contributed by atoms with Crippen LogP contribution in [0.25, 0.3) is 0 Å². The SMILES string of the molecule is [B]N1S(=O)(=O)CCCCCCS1(=O)=O. The molecule has 0 spiro atoms. The molecule has 0 N–H and O–H groups in total. The van der Waals surface area contributed by atoms with E-state index in [1.807, 2.05) is 0 Å². The molecule has 80 valence electrons. The molecule has 1 saturated heterocycles. The van der Waals surface area contributed by atoms with Crippen LogP contribution in [0.2, 0.25) is 0 Å². The van der Waals surface area contributed by atoms with Crippen LogP contribution in [-0.4, -0.2) is 39.9 Å². The summed E-state index contributed by atoms with van der Waals surface area (Å²) in [6.45, 7) is 0. The van der Waals surface area contributed by atoms with Gasteiger partial charge in [0.1, 0.15) is 0 Å². The first-order valence-corrected chi connectivity index (χ1v) is 7.59. The number of hydrogen-bond donors (Lipinski definition) is 0. The number of rotatable bonds is 0. The van der Waals surface area contributed by atoms with Crippen LogP contribution in [0.1, 0.15) is 25.7 Å². The fraction of sp³-hybridized carbons (Fsp3) is 1.00. The standard InChI is InChI=1S/C6H12BNO4S2/c7-8-13(9,10)5-3-1-2-4-6-14(8,11)12/h1-6H2. The minimum Gasteiger partial charge on any atom is -0.212 e. The maximum atomic E-state index is 11.3. The normalized spacial score (nSPS) is 28.6. The molecule has 0 amide bonds. The molecule has 2 radical (unpaired) electrons. The fourth-order valence-electron chi connectivity index (χ4n) is 1.28. The van der Waals surface area contributed by atoms with Crippen molar-refractivity contribution in [3.63, 3.8) is 0 Å². The van der Waals surface area contributed by atoms with Crippen LogP contribution >= 0.6 is 0 Å². The van der Waals surface area contributed by atoms with E-state index >= 15 is 0 Å². The van der Waals surface area contributed by atoms with Crippen LogP contribution < -0.4 is 0 Å². The second-order valence-corrected chi connectivity index (χ2v) is 7.43. The molecule has 0 aromatic carbocycles. The molecular formula is C6H12BNO4S2. The highest BCUT2D eigenvalue weighted by molar-refractivity contribution is 8.05. The molecule has 0 saturated carbocycles. The molecule has 1 rings (SSSR count). The van der Waals surface area contributed by atoms with E-state index in [4.69, 9.17) is 7.98 Å². The van der Waals surface area contributed by atoms with Gasteiger partial charge in [0.05, 0.1) is 11.5 Å². The summed E-state index contributed by atoms with van der Waals surface area (Å²) >= 11 is 0. The van der Waals surface area contributed by atoms with Crippen molar-refractivity contribution in [1.82, 2.24) is 3.62 Å². The van der Waals surface area contributed by atoms with Crippen LogP contribution in [0.3, 0.4) is 0 Å². The molecule has 1 aliphatic rings. The van der Waals surface area contributed by atoms with Gasteiger partial charge in [0.15, 0.2) is 0 Å². The van der Waals surface area contributed by atoms with Gasteiger partial charge in [0, 0.05) is 0 Å². The maximum absolute atomic E-state index is 11.3. The van der Waals surface area contributed by atoms with Crippen molar-refractivity contribution in [2.24, 2.45) is 0 Å². The van der Waals surface area contributed by atoms with E-state index in [-0.39, 0.29) is 15.1 Å². The zero-order valence-corrected chi connectivity index (χ0v) is 9.35. The van der Waals surface area contributed by atoms with Crippen LogP contribution in [0.15, 0.2) is 0 Å². The zero-order chi connectivity index (χ0) is 10.8. The Balaban J connectivity index is 3.01. The average molecular weight is 237 g/mol. The molecule has 5 nitrogen and oxygen atoms in total. The summed E-state index contributed by atoms with van der Waals surface area (Å²) in [5, 5.41) is 0. The van der Waals surface area contributed by atoms with Gasteiger partial charge >= 0.3 is 0 Å². The van der Waals surface area contributed by atoms with Gasteiger partial charge in [-0.1, -0.05) is 12.8 Å². The molecule has 1 heterocycles. The number of nitrogens with zero attached hydrogens (tertiary/aromatic N) is 1. The Labute approximate surface area is 86.0 Å². The van der Waals surface area contributed by atoms with Crippen molar-refractivity contribution in [2.75, 3.05) is 11.5 Å². The molecule has 8 heteroatoms. The monoisotopic (exact) mass is 237 g/mol. The van der Waals surface area contributed by atoms with Gasteiger partial charge in [-0.3, -0.25) is 0 Å². The quantitative estimate of drug-likeness (QED) is 0.538. The van der Waals surface area contributed by atoms with Crippen LogP contribution in [0.4, 0.5) is 0 Å². The third-order valence-corrected chi connectivity index (χ3v) is 6.17. The summed E-state index contributed by atoms with van der Waals surface area (Å²) in [6.07, 6.45) is 2.38. The van der Waals surface area contributed by atoms with Gasteiger partial charge in [-0.05, 0) is 12.8 Å². The second-order valence-electron chi connectivity index (χ2n) is 3.27. The molecule has 0 unspecified atom stereocenters. The molecule has 0 atom stereocenters. The molecule has 0 bridgehead atoms. The largest absolute Gasteiger partial charge is 0.230 e. The lowest BCUT2D eigenvalue weighted by molar-refractivity contribution is 0.552. The molecular weight excluding hydrogens is 225 g/mol. The lowest BCUT2D eigenvalue weighted by Crippen LogP contribution is -2.37. The lowest BCUT2D eigenvalue weighted by Gasteiger charge is -2.16. The molecule has 14 heavy (non-hydrogen) atoms. The van der Waals surface area contributed by atoms with Gasteiger partial charge < -0.3 is 0 Å². The summed E-state index contributed by atoms with van der Waals surface area (Å²) in [5.41, 5.74) is 0. The number of sulfonamides is 2. The molecule has 0 aromatic rings.